The van der Waals surface area contributed by atoms with E-state index >= 15 is 0 Å². The summed E-state index contributed by atoms with van der Waals surface area (Å²) in [4.78, 5) is 3.81. The van der Waals surface area contributed by atoms with E-state index in [0.29, 0.717) is 0 Å². The minimum absolute atomic E-state index is 0.0216. The number of hydrogen-bond donors (Lipinski definition) is 0. The first kappa shape index (κ1) is 30.7. The molecule has 0 saturated heterocycles. The van der Waals surface area contributed by atoms with Gasteiger partial charge in [0.2, 0.25) is 0 Å². The molecule has 2 aromatic heterocycles. The highest BCUT2D eigenvalue weighted by Gasteiger charge is 2.36. The van der Waals surface area contributed by atoms with Gasteiger partial charge in [0.05, 0.1) is 16.7 Å². The molecule has 0 unspecified atom stereocenters. The van der Waals surface area contributed by atoms with Gasteiger partial charge in [0.15, 0.2) is 0 Å². The van der Waals surface area contributed by atoms with Gasteiger partial charge in [0, 0.05) is 38.1 Å². The Hall–Kier alpha value is -5.38. The standard InChI is InChI=1S/C47H40N2S/c1-46(2,3)35-13-9-14-38(30-35)48(36-22-17-32(18-23-36)31-11-7-6-8-12-31)37-24-19-33(20-25-37)34-21-26-42-40(29-34)39-15-10-16-41-44(39)49(42)43-27-28-50-45(43)47(41,4)5/h6-30H,1-5H3. The van der Waals surface area contributed by atoms with Gasteiger partial charge in [-0.15, -0.1) is 11.3 Å². The highest BCUT2D eigenvalue weighted by molar-refractivity contribution is 7.10. The van der Waals surface area contributed by atoms with Crippen molar-refractivity contribution < 1.29 is 0 Å². The summed E-state index contributed by atoms with van der Waals surface area (Å²) in [5, 5.41) is 4.87. The Bertz CT molecular complexity index is 2520. The van der Waals surface area contributed by atoms with E-state index in [1.807, 2.05) is 11.3 Å². The Morgan fingerprint density at radius 1 is 0.560 bits per heavy atom. The average molecular weight is 665 g/mol. The van der Waals surface area contributed by atoms with Crippen LogP contribution in [0.4, 0.5) is 17.1 Å². The van der Waals surface area contributed by atoms with E-state index in [-0.39, 0.29) is 10.8 Å². The monoisotopic (exact) mass is 664 g/mol. The molecule has 50 heavy (non-hydrogen) atoms. The summed E-state index contributed by atoms with van der Waals surface area (Å²) in [6, 6.07) is 53.7. The molecule has 0 spiro atoms. The normalized spacial score (nSPS) is 13.5. The maximum atomic E-state index is 2.50. The van der Waals surface area contributed by atoms with Gasteiger partial charge in [0.25, 0.3) is 0 Å². The first-order valence-corrected chi connectivity index (χ1v) is 18.4. The van der Waals surface area contributed by atoms with E-state index < -0.39 is 0 Å². The van der Waals surface area contributed by atoms with Crippen LogP contribution < -0.4 is 4.90 Å². The molecule has 1 aliphatic rings. The minimum atomic E-state index is -0.0216. The fourth-order valence-electron chi connectivity index (χ4n) is 7.87. The topological polar surface area (TPSA) is 8.17 Å². The van der Waals surface area contributed by atoms with Crippen molar-refractivity contribution in [3.8, 4) is 27.9 Å². The molecule has 0 bridgehead atoms. The Labute approximate surface area is 298 Å². The summed E-state index contributed by atoms with van der Waals surface area (Å²) < 4.78 is 2.50. The molecule has 6 aromatic carbocycles. The van der Waals surface area contributed by atoms with Crippen molar-refractivity contribution in [1.29, 1.82) is 0 Å². The zero-order valence-corrected chi connectivity index (χ0v) is 30.1. The van der Waals surface area contributed by atoms with Crippen molar-refractivity contribution >= 4 is 50.2 Å². The zero-order valence-electron chi connectivity index (χ0n) is 29.2. The molecule has 244 valence electrons. The maximum Gasteiger partial charge on any atom is 0.0610 e. The van der Waals surface area contributed by atoms with Gasteiger partial charge in [-0.05, 0) is 98.8 Å². The lowest BCUT2D eigenvalue weighted by Crippen LogP contribution is -2.24. The Morgan fingerprint density at radius 3 is 1.90 bits per heavy atom. The zero-order chi connectivity index (χ0) is 34.2. The van der Waals surface area contributed by atoms with Gasteiger partial charge in [0.1, 0.15) is 0 Å². The predicted octanol–water partition coefficient (Wildman–Crippen LogP) is 13.6. The molecule has 0 atom stereocenters. The van der Waals surface area contributed by atoms with E-state index in [0.717, 1.165) is 17.1 Å². The molecule has 0 aliphatic carbocycles. The van der Waals surface area contributed by atoms with Crippen LogP contribution in [0, 0.1) is 0 Å². The predicted molar refractivity (Wildman–Crippen MR) is 215 cm³/mol. The molecule has 0 radical (unpaired) electrons. The van der Waals surface area contributed by atoms with Crippen molar-refractivity contribution in [3.63, 3.8) is 0 Å². The van der Waals surface area contributed by atoms with Crippen molar-refractivity contribution in [2.24, 2.45) is 0 Å². The van der Waals surface area contributed by atoms with Crippen LogP contribution in [0.2, 0.25) is 0 Å². The largest absolute Gasteiger partial charge is 0.310 e. The number of hydrogen-bond acceptors (Lipinski definition) is 2. The molecule has 0 saturated carbocycles. The second-order valence-corrected chi connectivity index (χ2v) is 16.0. The lowest BCUT2D eigenvalue weighted by atomic mass is 9.79. The van der Waals surface area contributed by atoms with Crippen LogP contribution in [0.1, 0.15) is 50.6 Å². The van der Waals surface area contributed by atoms with Crippen LogP contribution in [0.5, 0.6) is 0 Å². The molecule has 2 nitrogen and oxygen atoms in total. The van der Waals surface area contributed by atoms with Crippen LogP contribution in [0.3, 0.4) is 0 Å². The average Bonchev–Trinajstić information content (AvgIpc) is 3.76. The first-order chi connectivity index (χ1) is 24.2. The molecule has 9 rings (SSSR count). The van der Waals surface area contributed by atoms with Crippen LogP contribution in [-0.2, 0) is 10.8 Å². The molecule has 0 N–H and O–H groups in total. The summed E-state index contributed by atoms with van der Waals surface area (Å²) in [5.41, 5.74) is 15.0. The summed E-state index contributed by atoms with van der Waals surface area (Å²) in [6.07, 6.45) is 0. The molecule has 0 fully saturated rings. The molecular formula is C47H40N2S. The highest BCUT2D eigenvalue weighted by Crippen LogP contribution is 2.49. The summed E-state index contributed by atoms with van der Waals surface area (Å²) in [7, 11) is 0. The van der Waals surface area contributed by atoms with Gasteiger partial charge in [-0.2, -0.15) is 0 Å². The van der Waals surface area contributed by atoms with E-state index in [9.17, 15) is 0 Å². The second-order valence-electron chi connectivity index (χ2n) is 15.1. The Morgan fingerprint density at radius 2 is 1.20 bits per heavy atom. The number of aromatic nitrogens is 1. The van der Waals surface area contributed by atoms with E-state index in [1.165, 1.54) is 65.8 Å². The molecule has 1 aliphatic heterocycles. The van der Waals surface area contributed by atoms with Crippen molar-refractivity contribution in [1.82, 2.24) is 4.57 Å². The number of thiophene rings is 1. The third-order valence-corrected chi connectivity index (χ3v) is 11.8. The SMILES string of the molecule is CC(C)(C)c1cccc(N(c2ccc(-c3ccccc3)cc2)c2ccc(-c3ccc4c(c3)c3cccc5c3n4-c3ccsc3C5(C)C)cc2)c1. The third kappa shape index (κ3) is 4.83. The molecule has 0 amide bonds. The number of nitrogens with zero attached hydrogens (tertiary/aromatic N) is 2. The van der Waals surface area contributed by atoms with Crippen molar-refractivity contribution in [2.75, 3.05) is 4.90 Å². The van der Waals surface area contributed by atoms with Crippen LogP contribution in [0.25, 0.3) is 49.7 Å². The van der Waals surface area contributed by atoms with E-state index in [1.54, 1.807) is 0 Å². The molecule has 3 heterocycles. The van der Waals surface area contributed by atoms with Crippen molar-refractivity contribution in [2.45, 2.75) is 45.4 Å². The van der Waals surface area contributed by atoms with Gasteiger partial charge < -0.3 is 9.47 Å². The molecule has 3 heteroatoms. The fraction of sp³-hybridized carbons (Fsp3) is 0.149. The lowest BCUT2D eigenvalue weighted by Gasteiger charge is -2.32. The number of anilines is 3. The number of benzene rings is 6. The first-order valence-electron chi connectivity index (χ1n) is 17.5. The summed E-state index contributed by atoms with van der Waals surface area (Å²) in [6.45, 7) is 11.6. The van der Waals surface area contributed by atoms with Crippen molar-refractivity contribution in [3.05, 3.63) is 167 Å². The Balaban J connectivity index is 1.13. The Kier molecular flexibility index (Phi) is 6.95. The van der Waals surface area contributed by atoms with Gasteiger partial charge >= 0.3 is 0 Å². The van der Waals surface area contributed by atoms with Crippen LogP contribution in [0.15, 0.2) is 151 Å². The molecule has 8 aromatic rings. The van der Waals surface area contributed by atoms with Crippen LogP contribution in [-0.4, -0.2) is 4.57 Å². The summed E-state index contributed by atoms with van der Waals surface area (Å²) in [5.74, 6) is 0. The minimum Gasteiger partial charge on any atom is -0.310 e. The summed E-state index contributed by atoms with van der Waals surface area (Å²) >= 11 is 1.87. The van der Waals surface area contributed by atoms with E-state index in [4.69, 9.17) is 0 Å². The maximum absolute atomic E-state index is 2.50. The third-order valence-electron chi connectivity index (χ3n) is 10.6. The lowest BCUT2D eigenvalue weighted by molar-refractivity contribution is 0.590. The number of para-hydroxylation sites is 1. The highest BCUT2D eigenvalue weighted by atomic mass is 32.1. The fourth-order valence-corrected chi connectivity index (χ4v) is 8.88. The van der Waals surface area contributed by atoms with Crippen LogP contribution >= 0.6 is 11.3 Å². The second kappa shape index (κ2) is 11.3. The van der Waals surface area contributed by atoms with Gasteiger partial charge in [-0.1, -0.05) is 126 Å². The molecular weight excluding hydrogens is 625 g/mol. The number of fused-ring (bicyclic) bond motifs is 5. The number of rotatable bonds is 5. The van der Waals surface area contributed by atoms with E-state index in [2.05, 4.69) is 195 Å². The van der Waals surface area contributed by atoms with Gasteiger partial charge in [-0.3, -0.25) is 0 Å². The quantitative estimate of drug-likeness (QED) is 0.178. The smallest absolute Gasteiger partial charge is 0.0610 e. The van der Waals surface area contributed by atoms with Gasteiger partial charge in [-0.25, -0.2) is 0 Å².